The number of rotatable bonds is 7. The molecule has 0 bridgehead atoms. The third kappa shape index (κ3) is 5.58. The molecule has 5 heteroatoms. The fraction of sp³-hybridized carbons (Fsp3) is 0.500. The van der Waals surface area contributed by atoms with Gasteiger partial charge in [0.2, 0.25) is 0 Å². The van der Waals surface area contributed by atoms with E-state index >= 15 is 0 Å². The molecule has 4 rings (SSSR count). The molecule has 29 heavy (non-hydrogen) atoms. The fourth-order valence-corrected chi connectivity index (χ4v) is 4.32. The maximum atomic E-state index is 10.7. The summed E-state index contributed by atoms with van der Waals surface area (Å²) in [6, 6.07) is 16.7. The molecule has 2 aromatic carbocycles. The molecule has 5 nitrogen and oxygen atoms in total. The van der Waals surface area contributed by atoms with Gasteiger partial charge in [-0.3, -0.25) is 9.80 Å². The Morgan fingerprint density at radius 1 is 0.828 bits per heavy atom. The number of benzene rings is 2. The van der Waals surface area contributed by atoms with Crippen LogP contribution in [-0.2, 0) is 16.0 Å². The van der Waals surface area contributed by atoms with Crippen LogP contribution >= 0.6 is 0 Å². The highest BCUT2D eigenvalue weighted by molar-refractivity contribution is 5.43. The SMILES string of the molecule is Oc1ccc(CN2CCOCC2)cc1C(CCN1CCOCC1)c1ccccc1. The van der Waals surface area contributed by atoms with Crippen LogP contribution in [0.2, 0.25) is 0 Å². The molecule has 0 aliphatic carbocycles. The van der Waals surface area contributed by atoms with Crippen LogP contribution in [0.25, 0.3) is 0 Å². The van der Waals surface area contributed by atoms with Crippen molar-refractivity contribution in [1.82, 2.24) is 9.80 Å². The molecule has 2 fully saturated rings. The highest BCUT2D eigenvalue weighted by atomic mass is 16.5. The zero-order valence-electron chi connectivity index (χ0n) is 17.1. The third-order valence-corrected chi connectivity index (χ3v) is 6.02. The quantitative estimate of drug-likeness (QED) is 0.779. The van der Waals surface area contributed by atoms with E-state index in [0.29, 0.717) is 5.75 Å². The lowest BCUT2D eigenvalue weighted by molar-refractivity contribution is 0.0341. The zero-order chi connectivity index (χ0) is 19.9. The number of aromatic hydroxyl groups is 1. The average Bonchev–Trinajstić information content (AvgIpc) is 2.78. The van der Waals surface area contributed by atoms with Gasteiger partial charge in [-0.1, -0.05) is 42.5 Å². The molecule has 1 atom stereocenters. The highest BCUT2D eigenvalue weighted by Gasteiger charge is 2.21. The Balaban J connectivity index is 1.54. The Kier molecular flexibility index (Phi) is 7.17. The van der Waals surface area contributed by atoms with E-state index in [1.165, 1.54) is 11.1 Å². The lowest BCUT2D eigenvalue weighted by atomic mass is 9.86. The molecule has 2 aromatic rings. The number of morpholine rings is 2. The van der Waals surface area contributed by atoms with Gasteiger partial charge in [0.05, 0.1) is 26.4 Å². The van der Waals surface area contributed by atoms with E-state index in [0.717, 1.165) is 77.7 Å². The summed E-state index contributed by atoms with van der Waals surface area (Å²) in [5.74, 6) is 0.579. The van der Waals surface area contributed by atoms with Crippen molar-refractivity contribution in [2.75, 3.05) is 59.2 Å². The van der Waals surface area contributed by atoms with Crippen LogP contribution < -0.4 is 0 Å². The van der Waals surface area contributed by atoms with Gasteiger partial charge >= 0.3 is 0 Å². The van der Waals surface area contributed by atoms with Crippen LogP contribution in [0.5, 0.6) is 5.75 Å². The molecular weight excluding hydrogens is 364 g/mol. The minimum absolute atomic E-state index is 0.184. The standard InChI is InChI=1S/C24H32N2O3/c27-24-7-6-20(19-26-12-16-29-17-13-26)18-23(24)22(21-4-2-1-3-5-21)8-9-25-10-14-28-15-11-25/h1-7,18,22,27H,8-17,19H2. The monoisotopic (exact) mass is 396 g/mol. The third-order valence-electron chi connectivity index (χ3n) is 6.02. The molecule has 0 radical (unpaired) electrons. The average molecular weight is 397 g/mol. The van der Waals surface area contributed by atoms with E-state index in [1.54, 1.807) is 0 Å². The number of phenols is 1. The molecule has 1 N–H and O–H groups in total. The molecule has 2 aliphatic heterocycles. The highest BCUT2D eigenvalue weighted by Crippen LogP contribution is 2.35. The van der Waals surface area contributed by atoms with Gasteiger partial charge in [0.25, 0.3) is 0 Å². The van der Waals surface area contributed by atoms with Crippen molar-refractivity contribution in [2.45, 2.75) is 18.9 Å². The van der Waals surface area contributed by atoms with Crippen LogP contribution in [0.15, 0.2) is 48.5 Å². The van der Waals surface area contributed by atoms with Crippen molar-refractivity contribution >= 4 is 0 Å². The van der Waals surface area contributed by atoms with Crippen LogP contribution in [0.4, 0.5) is 0 Å². The second-order valence-corrected chi connectivity index (χ2v) is 7.99. The fourth-order valence-electron chi connectivity index (χ4n) is 4.32. The first kappa shape index (κ1) is 20.4. The number of hydrogen-bond donors (Lipinski definition) is 1. The molecule has 2 aliphatic rings. The predicted octanol–water partition coefficient (Wildman–Crippen LogP) is 3.08. The molecule has 0 amide bonds. The minimum Gasteiger partial charge on any atom is -0.508 e. The second kappa shape index (κ2) is 10.2. The molecule has 156 valence electrons. The molecule has 1 unspecified atom stereocenters. The normalized spacial score (nSPS) is 19.9. The molecule has 2 saturated heterocycles. The van der Waals surface area contributed by atoms with Crippen molar-refractivity contribution in [3.05, 3.63) is 65.2 Å². The molecular formula is C24H32N2O3. The van der Waals surface area contributed by atoms with Gasteiger partial charge in [-0.25, -0.2) is 0 Å². The first-order valence-corrected chi connectivity index (χ1v) is 10.8. The smallest absolute Gasteiger partial charge is 0.119 e. The molecule has 0 spiro atoms. The van der Waals surface area contributed by atoms with Crippen molar-refractivity contribution in [1.29, 1.82) is 0 Å². The lowest BCUT2D eigenvalue weighted by Gasteiger charge is -2.29. The maximum Gasteiger partial charge on any atom is 0.119 e. The molecule has 0 saturated carbocycles. The van der Waals surface area contributed by atoms with Crippen molar-refractivity contribution in [3.63, 3.8) is 0 Å². The topological polar surface area (TPSA) is 45.2 Å². The summed E-state index contributed by atoms with van der Waals surface area (Å²) >= 11 is 0. The molecule has 2 heterocycles. The van der Waals surface area contributed by atoms with Gasteiger partial charge in [0, 0.05) is 44.2 Å². The summed E-state index contributed by atoms with van der Waals surface area (Å²) in [7, 11) is 0. The molecule has 0 aromatic heterocycles. The van der Waals surface area contributed by atoms with Crippen molar-refractivity contribution < 1.29 is 14.6 Å². The van der Waals surface area contributed by atoms with Crippen LogP contribution in [0.3, 0.4) is 0 Å². The summed E-state index contributed by atoms with van der Waals surface area (Å²) in [5, 5.41) is 10.7. The number of hydrogen-bond acceptors (Lipinski definition) is 5. The first-order valence-electron chi connectivity index (χ1n) is 10.8. The van der Waals surface area contributed by atoms with Crippen LogP contribution in [-0.4, -0.2) is 74.1 Å². The lowest BCUT2D eigenvalue weighted by Crippen LogP contribution is -2.37. The van der Waals surface area contributed by atoms with E-state index in [1.807, 2.05) is 6.07 Å². The number of nitrogens with zero attached hydrogens (tertiary/aromatic N) is 2. The van der Waals surface area contributed by atoms with E-state index in [4.69, 9.17) is 9.47 Å². The van der Waals surface area contributed by atoms with Gasteiger partial charge < -0.3 is 14.6 Å². The van der Waals surface area contributed by atoms with E-state index < -0.39 is 0 Å². The van der Waals surface area contributed by atoms with Gasteiger partial charge in [-0.15, -0.1) is 0 Å². The Bertz CT molecular complexity index is 756. The van der Waals surface area contributed by atoms with E-state index in [9.17, 15) is 5.11 Å². The Hall–Kier alpha value is -1.92. The summed E-state index contributed by atoms with van der Waals surface area (Å²) in [6.07, 6.45) is 0.985. The van der Waals surface area contributed by atoms with Crippen LogP contribution in [0, 0.1) is 0 Å². The van der Waals surface area contributed by atoms with Crippen LogP contribution in [0.1, 0.15) is 29.0 Å². The Morgan fingerprint density at radius 3 is 2.17 bits per heavy atom. The van der Waals surface area contributed by atoms with Gasteiger partial charge in [0.1, 0.15) is 5.75 Å². The van der Waals surface area contributed by atoms with Gasteiger partial charge in [-0.2, -0.15) is 0 Å². The number of ether oxygens (including phenoxy) is 2. The largest absolute Gasteiger partial charge is 0.508 e. The Morgan fingerprint density at radius 2 is 1.48 bits per heavy atom. The second-order valence-electron chi connectivity index (χ2n) is 7.99. The summed E-state index contributed by atoms with van der Waals surface area (Å²) in [4.78, 5) is 4.89. The van der Waals surface area contributed by atoms with Crippen molar-refractivity contribution in [3.8, 4) is 5.75 Å². The Labute approximate surface area is 173 Å². The zero-order valence-corrected chi connectivity index (χ0v) is 17.1. The summed E-state index contributed by atoms with van der Waals surface area (Å²) in [5.41, 5.74) is 3.56. The predicted molar refractivity (Wildman–Crippen MR) is 114 cm³/mol. The summed E-state index contributed by atoms with van der Waals surface area (Å²) in [6.45, 7) is 9.07. The van der Waals surface area contributed by atoms with E-state index in [-0.39, 0.29) is 5.92 Å². The van der Waals surface area contributed by atoms with Gasteiger partial charge in [-0.05, 0) is 30.2 Å². The van der Waals surface area contributed by atoms with Gasteiger partial charge in [0.15, 0.2) is 0 Å². The first-order chi connectivity index (χ1) is 14.3. The summed E-state index contributed by atoms with van der Waals surface area (Å²) < 4.78 is 11.0. The van der Waals surface area contributed by atoms with E-state index in [2.05, 4.69) is 52.3 Å². The maximum absolute atomic E-state index is 10.7. The minimum atomic E-state index is 0.184. The van der Waals surface area contributed by atoms with Crippen molar-refractivity contribution in [2.24, 2.45) is 0 Å². The number of phenolic OH excluding ortho intramolecular Hbond substituents is 1.